The van der Waals surface area contributed by atoms with E-state index in [-0.39, 0.29) is 30.1 Å². The summed E-state index contributed by atoms with van der Waals surface area (Å²) in [7, 11) is 3.42. The summed E-state index contributed by atoms with van der Waals surface area (Å²) in [5.74, 6) is 1.78. The summed E-state index contributed by atoms with van der Waals surface area (Å²) < 4.78 is 16.2. The smallest absolute Gasteiger partial charge is 0.246 e. The lowest BCUT2D eigenvalue weighted by Gasteiger charge is -2.34. The number of benzene rings is 1. The number of hydrogen-bond donors (Lipinski definition) is 1. The fraction of sp³-hybridized carbons (Fsp3) is 0.471. The summed E-state index contributed by atoms with van der Waals surface area (Å²) >= 11 is 5.90. The highest BCUT2D eigenvalue weighted by molar-refractivity contribution is 14.0. The van der Waals surface area contributed by atoms with Crippen LogP contribution in [0.5, 0.6) is 0 Å². The Morgan fingerprint density at radius 1 is 1.41 bits per heavy atom. The number of nitrogens with one attached hydrogen (secondary N) is 1. The van der Waals surface area contributed by atoms with E-state index in [0.717, 1.165) is 18.1 Å². The first kappa shape index (κ1) is 21.9. The third kappa shape index (κ3) is 6.03. The molecule has 1 N–H and O–H groups in total. The Morgan fingerprint density at radius 3 is 2.89 bits per heavy atom. The maximum absolute atomic E-state index is 5.90. The van der Waals surface area contributed by atoms with Crippen molar-refractivity contribution in [2.24, 2.45) is 4.99 Å². The van der Waals surface area contributed by atoms with Crippen molar-refractivity contribution in [2.45, 2.75) is 12.6 Å². The average Bonchev–Trinajstić information content (AvgIpc) is 3.12. The van der Waals surface area contributed by atoms with Crippen molar-refractivity contribution in [2.75, 3.05) is 40.5 Å². The van der Waals surface area contributed by atoms with Crippen molar-refractivity contribution in [3.8, 4) is 11.4 Å². The molecule has 0 spiro atoms. The molecule has 1 aromatic carbocycles. The highest BCUT2D eigenvalue weighted by atomic mass is 127. The molecular weight excluding hydrogens is 485 g/mol. The molecule has 3 rings (SSSR count). The molecule has 0 bridgehead atoms. The van der Waals surface area contributed by atoms with Crippen molar-refractivity contribution in [3.63, 3.8) is 0 Å². The maximum atomic E-state index is 5.90. The number of methoxy groups -OCH3 is 1. The van der Waals surface area contributed by atoms with Crippen LogP contribution >= 0.6 is 35.6 Å². The minimum absolute atomic E-state index is 0. The van der Waals surface area contributed by atoms with Gasteiger partial charge in [0.25, 0.3) is 0 Å². The van der Waals surface area contributed by atoms with E-state index < -0.39 is 0 Å². The van der Waals surface area contributed by atoms with Gasteiger partial charge < -0.3 is 24.2 Å². The monoisotopic (exact) mass is 507 g/mol. The molecule has 0 radical (unpaired) electrons. The molecule has 1 aromatic heterocycles. The molecule has 10 heteroatoms. The van der Waals surface area contributed by atoms with E-state index in [9.17, 15) is 0 Å². The third-order valence-corrected chi connectivity index (χ3v) is 4.22. The first-order valence-electron chi connectivity index (χ1n) is 8.34. The Kier molecular flexibility index (Phi) is 8.74. The molecular formula is C17H23ClIN5O3. The van der Waals surface area contributed by atoms with Crippen molar-refractivity contribution in [3.05, 3.63) is 35.2 Å². The molecule has 8 nitrogen and oxygen atoms in total. The Labute approximate surface area is 180 Å². The Balaban J connectivity index is 0.00000261. The van der Waals surface area contributed by atoms with E-state index >= 15 is 0 Å². The summed E-state index contributed by atoms with van der Waals surface area (Å²) in [5, 5.41) is 7.93. The Bertz CT molecular complexity index is 738. The average molecular weight is 508 g/mol. The predicted octanol–water partition coefficient (Wildman–Crippen LogP) is 2.43. The lowest BCUT2D eigenvalue weighted by Crippen LogP contribution is -2.51. The van der Waals surface area contributed by atoms with Gasteiger partial charge in [0.05, 0.1) is 25.9 Å². The van der Waals surface area contributed by atoms with Crippen LogP contribution in [0.25, 0.3) is 11.4 Å². The molecule has 27 heavy (non-hydrogen) atoms. The molecule has 148 valence electrons. The van der Waals surface area contributed by atoms with Crippen LogP contribution < -0.4 is 5.32 Å². The highest BCUT2D eigenvalue weighted by Crippen LogP contribution is 2.18. The van der Waals surface area contributed by atoms with Crippen molar-refractivity contribution in [1.82, 2.24) is 20.4 Å². The van der Waals surface area contributed by atoms with Crippen molar-refractivity contribution >= 4 is 41.5 Å². The van der Waals surface area contributed by atoms with E-state index in [1.165, 1.54) is 0 Å². The summed E-state index contributed by atoms with van der Waals surface area (Å²) in [4.78, 5) is 10.9. The second-order valence-corrected chi connectivity index (χ2v) is 6.25. The number of guanidine groups is 1. The number of hydrogen-bond acceptors (Lipinski definition) is 6. The summed E-state index contributed by atoms with van der Waals surface area (Å²) in [5.41, 5.74) is 0.851. The minimum atomic E-state index is 0. The van der Waals surface area contributed by atoms with Gasteiger partial charge >= 0.3 is 0 Å². The van der Waals surface area contributed by atoms with Crippen LogP contribution in [0.2, 0.25) is 5.02 Å². The molecule has 1 saturated heterocycles. The first-order valence-corrected chi connectivity index (χ1v) is 8.72. The lowest BCUT2D eigenvalue weighted by molar-refractivity contribution is -0.0447. The molecule has 0 amide bonds. The summed E-state index contributed by atoms with van der Waals surface area (Å²) in [6, 6.07) is 7.30. The van der Waals surface area contributed by atoms with E-state index in [1.54, 1.807) is 26.3 Å². The predicted molar refractivity (Wildman–Crippen MR) is 114 cm³/mol. The minimum Gasteiger partial charge on any atom is -0.382 e. The number of halogens is 2. The van der Waals surface area contributed by atoms with Crippen LogP contribution in [0.3, 0.4) is 0 Å². The normalized spacial score (nSPS) is 17.5. The zero-order valence-electron chi connectivity index (χ0n) is 15.2. The summed E-state index contributed by atoms with van der Waals surface area (Å²) in [6.45, 7) is 3.06. The van der Waals surface area contributed by atoms with E-state index in [1.807, 2.05) is 12.1 Å². The zero-order valence-corrected chi connectivity index (χ0v) is 18.3. The molecule has 1 atom stereocenters. The van der Waals surface area contributed by atoms with Crippen LogP contribution in [-0.4, -0.2) is 67.6 Å². The van der Waals surface area contributed by atoms with E-state index in [4.69, 9.17) is 25.6 Å². The largest absolute Gasteiger partial charge is 0.382 e. The van der Waals surface area contributed by atoms with Crippen LogP contribution in [-0.2, 0) is 16.0 Å². The number of morpholine rings is 1. The van der Waals surface area contributed by atoms with Gasteiger partial charge in [-0.05, 0) is 24.3 Å². The Morgan fingerprint density at radius 2 is 2.19 bits per heavy atom. The number of ether oxygens (including phenoxy) is 2. The molecule has 1 aliphatic heterocycles. The van der Waals surface area contributed by atoms with Gasteiger partial charge in [0.15, 0.2) is 5.96 Å². The van der Waals surface area contributed by atoms with Gasteiger partial charge in [0, 0.05) is 37.8 Å². The fourth-order valence-corrected chi connectivity index (χ4v) is 2.85. The molecule has 0 aliphatic carbocycles. The number of aliphatic imine (C=N–C) groups is 1. The topological polar surface area (TPSA) is 85.0 Å². The quantitative estimate of drug-likeness (QED) is 0.378. The van der Waals surface area contributed by atoms with Gasteiger partial charge in [0.2, 0.25) is 11.7 Å². The van der Waals surface area contributed by atoms with E-state index in [2.05, 4.69) is 25.3 Å². The Hall–Kier alpha value is -1.43. The van der Waals surface area contributed by atoms with Crippen LogP contribution in [0.15, 0.2) is 33.8 Å². The molecule has 0 saturated carbocycles. The molecule has 2 aromatic rings. The van der Waals surface area contributed by atoms with Crippen LogP contribution in [0, 0.1) is 0 Å². The standard InChI is InChI=1S/C17H22ClN5O3.HI/c1-19-17(23-7-8-25-14(10-23)11-24-2)20-9-15-21-16(22-26-15)12-3-5-13(18)6-4-12;/h3-6,14H,7-11H2,1-2H3,(H,19,20);1H. The van der Waals surface area contributed by atoms with Crippen LogP contribution in [0.4, 0.5) is 0 Å². The van der Waals surface area contributed by atoms with Crippen molar-refractivity contribution < 1.29 is 14.0 Å². The molecule has 1 fully saturated rings. The van der Waals surface area contributed by atoms with Crippen LogP contribution in [0.1, 0.15) is 5.89 Å². The second-order valence-electron chi connectivity index (χ2n) is 5.81. The van der Waals surface area contributed by atoms with Gasteiger partial charge in [-0.25, -0.2) is 0 Å². The van der Waals surface area contributed by atoms with Gasteiger partial charge in [-0.3, -0.25) is 4.99 Å². The van der Waals surface area contributed by atoms with Gasteiger partial charge in [0.1, 0.15) is 0 Å². The number of rotatable bonds is 5. The zero-order chi connectivity index (χ0) is 18.4. The number of aromatic nitrogens is 2. The first-order chi connectivity index (χ1) is 12.7. The SMILES string of the molecule is CN=C(NCc1nc(-c2ccc(Cl)cc2)no1)N1CCOC(COC)C1.I. The summed E-state index contributed by atoms with van der Waals surface area (Å²) in [6.07, 6.45) is 0.0345. The van der Waals surface area contributed by atoms with Gasteiger partial charge in [-0.15, -0.1) is 24.0 Å². The molecule has 2 heterocycles. The van der Waals surface area contributed by atoms with Crippen molar-refractivity contribution in [1.29, 1.82) is 0 Å². The lowest BCUT2D eigenvalue weighted by atomic mass is 10.2. The third-order valence-electron chi connectivity index (χ3n) is 3.97. The van der Waals surface area contributed by atoms with E-state index in [0.29, 0.717) is 43.0 Å². The molecule has 1 aliphatic rings. The molecule has 1 unspecified atom stereocenters. The van der Waals surface area contributed by atoms with Gasteiger partial charge in [-0.1, -0.05) is 16.8 Å². The maximum Gasteiger partial charge on any atom is 0.246 e. The highest BCUT2D eigenvalue weighted by Gasteiger charge is 2.23. The number of nitrogens with zero attached hydrogens (tertiary/aromatic N) is 4. The fourth-order valence-electron chi connectivity index (χ4n) is 2.73. The van der Waals surface area contributed by atoms with Gasteiger partial charge in [-0.2, -0.15) is 4.98 Å². The second kappa shape index (κ2) is 10.8.